The molecule has 0 aliphatic carbocycles. The zero-order valence-electron chi connectivity index (χ0n) is 23.6. The van der Waals surface area contributed by atoms with Crippen LogP contribution in [0.5, 0.6) is 0 Å². The quantitative estimate of drug-likeness (QED) is 0.341. The molecule has 3 N–H and O–H groups in total. The number of anilines is 3. The summed E-state index contributed by atoms with van der Waals surface area (Å²) in [6.07, 6.45) is 0.00616. The number of aromatic nitrogens is 3. The molecule has 3 amide bonds. The van der Waals surface area contributed by atoms with Gasteiger partial charge >= 0.3 is 12.2 Å². The summed E-state index contributed by atoms with van der Waals surface area (Å²) in [6.45, 7) is 12.4. The van der Waals surface area contributed by atoms with Crippen LogP contribution in [-0.2, 0) is 15.9 Å². The fourth-order valence-electron chi connectivity index (χ4n) is 4.02. The highest BCUT2D eigenvalue weighted by atomic mass is 35.5. The number of ether oxygens (including phenoxy) is 2. The van der Waals surface area contributed by atoms with E-state index < -0.39 is 23.4 Å². The van der Waals surface area contributed by atoms with E-state index in [9.17, 15) is 14.4 Å². The highest BCUT2D eigenvalue weighted by molar-refractivity contribution is 6.31. The van der Waals surface area contributed by atoms with Crippen molar-refractivity contribution >= 4 is 47.0 Å². The zero-order valence-corrected chi connectivity index (χ0v) is 24.3. The first-order chi connectivity index (χ1) is 18.6. The number of aromatic amines is 1. The second-order valence-corrected chi connectivity index (χ2v) is 11.7. The summed E-state index contributed by atoms with van der Waals surface area (Å²) in [5.74, 6) is -0.493. The number of hydrogen-bond acceptors (Lipinski definition) is 8. The third kappa shape index (κ3) is 6.36. The fourth-order valence-corrected chi connectivity index (χ4v) is 4.20. The highest BCUT2D eigenvalue weighted by Gasteiger charge is 2.35. The molecular weight excluding hydrogens is 536 g/mol. The summed E-state index contributed by atoms with van der Waals surface area (Å²) in [6, 6.07) is 7.04. The number of carbonyl (C=O) groups excluding carboxylic acids is 3. The first-order valence-electron chi connectivity index (χ1n) is 12.8. The van der Waals surface area contributed by atoms with Crippen LogP contribution in [0.3, 0.4) is 0 Å². The van der Waals surface area contributed by atoms with E-state index >= 15 is 0 Å². The van der Waals surface area contributed by atoms with Crippen molar-refractivity contribution in [3.8, 4) is 11.4 Å². The van der Waals surface area contributed by atoms with E-state index in [4.69, 9.17) is 21.1 Å². The standard InChI is InChI=1S/C28H33ClN6O5/c1-15-16(29)9-8-10-17(15)32-22-20-18(11-13-30-23(20)36)33-21(22)19-12-14-31-24(34-19)35(25(37)39-27(2,3)4)26(38)40-28(5,6)7/h8-10,12,14,32-33H,11,13H2,1-7H3,(H,30,36). The number of H-pyrrole nitrogens is 1. The van der Waals surface area contributed by atoms with Gasteiger partial charge in [0.2, 0.25) is 5.95 Å². The Morgan fingerprint density at radius 3 is 2.33 bits per heavy atom. The van der Waals surface area contributed by atoms with Crippen molar-refractivity contribution in [1.82, 2.24) is 20.3 Å². The number of hydrogen-bond donors (Lipinski definition) is 3. The maximum atomic E-state index is 13.2. The Bertz CT molecular complexity index is 1440. The zero-order chi connectivity index (χ0) is 29.4. The van der Waals surface area contributed by atoms with Crippen LogP contribution in [0.2, 0.25) is 5.02 Å². The van der Waals surface area contributed by atoms with Crippen molar-refractivity contribution in [2.45, 2.75) is 66.1 Å². The van der Waals surface area contributed by atoms with Crippen molar-refractivity contribution in [3.05, 3.63) is 52.3 Å². The van der Waals surface area contributed by atoms with Crippen molar-refractivity contribution in [2.24, 2.45) is 0 Å². The van der Waals surface area contributed by atoms with Crippen LogP contribution in [0, 0.1) is 6.92 Å². The lowest BCUT2D eigenvalue weighted by molar-refractivity contribution is 0.0427. The van der Waals surface area contributed by atoms with E-state index in [0.717, 1.165) is 11.3 Å². The summed E-state index contributed by atoms with van der Waals surface area (Å²) < 4.78 is 10.9. The average Bonchev–Trinajstić information content (AvgIpc) is 3.19. The first-order valence-corrected chi connectivity index (χ1v) is 13.2. The van der Waals surface area contributed by atoms with Crippen molar-refractivity contribution in [1.29, 1.82) is 0 Å². The fraction of sp³-hybridized carbons (Fsp3) is 0.393. The second-order valence-electron chi connectivity index (χ2n) is 11.3. The number of amides is 3. The summed E-state index contributed by atoms with van der Waals surface area (Å²) in [5.41, 5.74) is 2.14. The van der Waals surface area contributed by atoms with Gasteiger partial charge in [-0.2, -0.15) is 0 Å². The van der Waals surface area contributed by atoms with Crippen LogP contribution < -0.4 is 15.5 Å². The van der Waals surface area contributed by atoms with Crippen molar-refractivity contribution < 1.29 is 23.9 Å². The number of benzene rings is 1. The van der Waals surface area contributed by atoms with Gasteiger partial charge in [-0.25, -0.2) is 19.6 Å². The predicted molar refractivity (Wildman–Crippen MR) is 152 cm³/mol. The number of imide groups is 1. The van der Waals surface area contributed by atoms with Crippen LogP contribution in [0.25, 0.3) is 11.4 Å². The summed E-state index contributed by atoms with van der Waals surface area (Å²) in [4.78, 5) is 51.9. The van der Waals surface area contributed by atoms with Gasteiger partial charge in [-0.15, -0.1) is 4.90 Å². The molecule has 212 valence electrons. The van der Waals surface area contributed by atoms with Crippen LogP contribution in [0.15, 0.2) is 30.5 Å². The minimum atomic E-state index is -0.989. The molecule has 2 aromatic heterocycles. The molecule has 0 fully saturated rings. The second kappa shape index (κ2) is 10.8. The maximum absolute atomic E-state index is 13.2. The Labute approximate surface area is 237 Å². The lowest BCUT2D eigenvalue weighted by atomic mass is 10.1. The number of nitrogens with zero attached hydrogens (tertiary/aromatic N) is 3. The van der Waals surface area contributed by atoms with Gasteiger partial charge in [0.1, 0.15) is 11.2 Å². The number of halogens is 1. The molecular formula is C28H33ClN6O5. The highest BCUT2D eigenvalue weighted by Crippen LogP contribution is 2.38. The minimum Gasteiger partial charge on any atom is -0.443 e. The molecule has 3 heterocycles. The molecule has 1 aromatic carbocycles. The summed E-state index contributed by atoms with van der Waals surface area (Å²) >= 11 is 6.35. The third-order valence-corrected chi connectivity index (χ3v) is 6.15. The number of rotatable bonds is 4. The molecule has 1 aliphatic heterocycles. The maximum Gasteiger partial charge on any atom is 0.427 e. The summed E-state index contributed by atoms with van der Waals surface area (Å²) in [5, 5.41) is 6.78. The molecule has 0 radical (unpaired) electrons. The topological polar surface area (TPSA) is 139 Å². The predicted octanol–water partition coefficient (Wildman–Crippen LogP) is 6.14. The van der Waals surface area contributed by atoms with Gasteiger partial charge in [0.25, 0.3) is 5.91 Å². The largest absolute Gasteiger partial charge is 0.443 e. The number of carbonyl (C=O) groups is 3. The molecule has 0 unspecified atom stereocenters. The van der Waals surface area contributed by atoms with Gasteiger partial charge < -0.3 is 25.1 Å². The van der Waals surface area contributed by atoms with E-state index in [1.165, 1.54) is 6.20 Å². The normalized spacial score (nSPS) is 13.2. The van der Waals surface area contributed by atoms with Crippen LogP contribution in [-0.4, -0.2) is 50.8 Å². The number of nitrogens with one attached hydrogen (secondary N) is 3. The van der Waals surface area contributed by atoms with Crippen LogP contribution >= 0.6 is 11.6 Å². The van der Waals surface area contributed by atoms with Gasteiger partial charge in [-0.1, -0.05) is 17.7 Å². The Kier molecular flexibility index (Phi) is 7.80. The Balaban J connectivity index is 1.83. The molecule has 1 aliphatic rings. The van der Waals surface area contributed by atoms with Crippen molar-refractivity contribution in [3.63, 3.8) is 0 Å². The lowest BCUT2D eigenvalue weighted by Crippen LogP contribution is -2.44. The van der Waals surface area contributed by atoms with E-state index in [-0.39, 0.29) is 11.9 Å². The molecule has 4 rings (SSSR count). The van der Waals surface area contributed by atoms with Gasteiger partial charge in [-0.3, -0.25) is 4.79 Å². The Hall–Kier alpha value is -4.12. The van der Waals surface area contributed by atoms with Crippen LogP contribution in [0.1, 0.15) is 63.2 Å². The molecule has 0 bridgehead atoms. The Morgan fingerprint density at radius 2 is 1.70 bits per heavy atom. The molecule has 12 heteroatoms. The third-order valence-electron chi connectivity index (χ3n) is 5.74. The smallest absolute Gasteiger partial charge is 0.427 e. The molecule has 0 spiro atoms. The molecule has 11 nitrogen and oxygen atoms in total. The molecule has 0 saturated heterocycles. The monoisotopic (exact) mass is 568 g/mol. The van der Waals surface area contributed by atoms with Gasteiger partial charge in [0.15, 0.2) is 0 Å². The van der Waals surface area contributed by atoms with Crippen molar-refractivity contribution in [2.75, 3.05) is 16.8 Å². The van der Waals surface area contributed by atoms with E-state index in [2.05, 4.69) is 25.6 Å². The summed E-state index contributed by atoms with van der Waals surface area (Å²) in [7, 11) is 0. The Morgan fingerprint density at radius 1 is 1.05 bits per heavy atom. The molecule has 0 saturated carbocycles. The van der Waals surface area contributed by atoms with Crippen LogP contribution in [0.4, 0.5) is 26.9 Å². The van der Waals surface area contributed by atoms with Gasteiger partial charge in [0.05, 0.1) is 22.6 Å². The van der Waals surface area contributed by atoms with Gasteiger partial charge in [0, 0.05) is 35.6 Å². The van der Waals surface area contributed by atoms with Gasteiger partial charge in [-0.05, 0) is 72.2 Å². The molecule has 40 heavy (non-hydrogen) atoms. The minimum absolute atomic E-state index is 0.246. The lowest BCUT2D eigenvalue weighted by Gasteiger charge is -2.27. The first kappa shape index (κ1) is 28.9. The SMILES string of the molecule is Cc1c(Cl)cccc1Nc1c(-c2ccnc(N(C(=O)OC(C)(C)C)C(=O)OC(C)(C)C)n2)[nH]c2c1C(=O)NCC2. The van der Waals surface area contributed by atoms with E-state index in [1.807, 2.05) is 13.0 Å². The molecule has 3 aromatic rings. The molecule has 0 atom stereocenters. The average molecular weight is 569 g/mol. The van der Waals surface area contributed by atoms with E-state index in [0.29, 0.717) is 51.2 Å². The number of fused-ring (bicyclic) bond motifs is 1. The van der Waals surface area contributed by atoms with E-state index in [1.54, 1.807) is 59.7 Å².